The van der Waals surface area contributed by atoms with Gasteiger partial charge in [0.25, 0.3) is 0 Å². The number of benzene rings is 1. The molecule has 1 heteroatoms. The van der Waals surface area contributed by atoms with Crippen LogP contribution in [0.5, 0.6) is 0 Å². The van der Waals surface area contributed by atoms with Crippen LogP contribution < -0.4 is 0 Å². The Balaban J connectivity index is 2.07. The van der Waals surface area contributed by atoms with Crippen LogP contribution in [-0.2, 0) is 21.0 Å². The summed E-state index contributed by atoms with van der Waals surface area (Å²) in [6, 6.07) is 7.31. The molecule has 26 heavy (non-hydrogen) atoms. The number of allylic oxidation sites excluding steroid dienone is 4. The summed E-state index contributed by atoms with van der Waals surface area (Å²) in [4.78, 5) is 10.7. The molecule has 0 unspecified atom stereocenters. The van der Waals surface area contributed by atoms with Crippen LogP contribution in [0.15, 0.2) is 42.0 Å². The topological polar surface area (TPSA) is 17.1 Å². The minimum Gasteiger partial charge on any atom is -0.299 e. The zero-order valence-corrected chi connectivity index (χ0v) is 17.2. The molecule has 0 aromatic heterocycles. The summed E-state index contributed by atoms with van der Waals surface area (Å²) in [5.41, 5.74) is 6.23. The van der Waals surface area contributed by atoms with Gasteiger partial charge in [0, 0.05) is 5.41 Å². The lowest BCUT2D eigenvalue weighted by Gasteiger charge is -2.43. The van der Waals surface area contributed by atoms with E-state index in [1.807, 2.05) is 6.92 Å². The lowest BCUT2D eigenvalue weighted by Crippen LogP contribution is -2.34. The van der Waals surface area contributed by atoms with E-state index in [1.54, 1.807) is 11.6 Å². The lowest BCUT2D eigenvalue weighted by atomic mass is 9.62. The molecule has 0 saturated heterocycles. The Morgan fingerprint density at radius 2 is 1.54 bits per heavy atom. The van der Waals surface area contributed by atoms with Crippen LogP contribution in [-0.4, -0.2) is 6.29 Å². The van der Waals surface area contributed by atoms with Gasteiger partial charge in [0.2, 0.25) is 0 Å². The normalized spacial score (nSPS) is 23.8. The molecule has 0 amide bonds. The summed E-state index contributed by atoms with van der Waals surface area (Å²) in [5, 5.41) is 0. The van der Waals surface area contributed by atoms with Gasteiger partial charge in [0.05, 0.1) is 0 Å². The standard InChI is InChI=1S/C25H34O/c1-19(11-17-26)10-14-25(12-6-7-13-25)20-8-9-21-22(18-20)24(4,5)16-15-23(21,2)3/h8-11,14,17-18H,6-7,12-13,15-16H2,1-5H3/b14-10+,19-11+. The van der Waals surface area contributed by atoms with Crippen molar-refractivity contribution in [1.29, 1.82) is 0 Å². The second-order valence-corrected chi connectivity index (χ2v) is 9.77. The van der Waals surface area contributed by atoms with Gasteiger partial charge in [0.1, 0.15) is 6.29 Å². The summed E-state index contributed by atoms with van der Waals surface area (Å²) in [7, 11) is 0. The van der Waals surface area contributed by atoms with Gasteiger partial charge < -0.3 is 0 Å². The molecule has 1 aromatic rings. The number of rotatable bonds is 4. The van der Waals surface area contributed by atoms with Gasteiger partial charge in [-0.05, 0) is 71.8 Å². The number of carbonyl (C=O) groups is 1. The number of hydrogen-bond donors (Lipinski definition) is 0. The van der Waals surface area contributed by atoms with Crippen LogP contribution in [0.25, 0.3) is 0 Å². The van der Waals surface area contributed by atoms with Gasteiger partial charge in [-0.25, -0.2) is 0 Å². The first-order valence-corrected chi connectivity index (χ1v) is 10.2. The second kappa shape index (κ2) is 6.83. The summed E-state index contributed by atoms with van der Waals surface area (Å²) >= 11 is 0. The molecule has 1 fully saturated rings. The molecule has 0 N–H and O–H groups in total. The fraction of sp³-hybridized carbons (Fsp3) is 0.560. The molecule has 0 spiro atoms. The average Bonchev–Trinajstić information content (AvgIpc) is 3.08. The molecule has 1 aromatic carbocycles. The van der Waals surface area contributed by atoms with Crippen LogP contribution in [0.4, 0.5) is 0 Å². The SMILES string of the molecule is CC(/C=C/C1(c2ccc3c(c2)C(C)(C)CCC3(C)C)CCCC1)=C\C=O. The van der Waals surface area contributed by atoms with Crippen molar-refractivity contribution in [2.75, 3.05) is 0 Å². The first kappa shape index (κ1) is 19.1. The molecule has 0 heterocycles. The maximum Gasteiger partial charge on any atom is 0.143 e. The molecule has 2 aliphatic carbocycles. The van der Waals surface area contributed by atoms with E-state index in [-0.39, 0.29) is 16.2 Å². The Bertz CT molecular complexity index is 739. The summed E-state index contributed by atoms with van der Waals surface area (Å²) in [5.74, 6) is 0. The van der Waals surface area contributed by atoms with Crippen molar-refractivity contribution >= 4 is 6.29 Å². The van der Waals surface area contributed by atoms with E-state index in [4.69, 9.17) is 0 Å². The van der Waals surface area contributed by atoms with Crippen LogP contribution in [0, 0.1) is 0 Å². The number of aldehydes is 1. The molecule has 0 aliphatic heterocycles. The van der Waals surface area contributed by atoms with Gasteiger partial charge in [-0.2, -0.15) is 0 Å². The average molecular weight is 351 g/mol. The zero-order chi connectivity index (χ0) is 19.0. The predicted octanol–water partition coefficient (Wildman–Crippen LogP) is 6.55. The number of fused-ring (bicyclic) bond motifs is 1. The smallest absolute Gasteiger partial charge is 0.143 e. The van der Waals surface area contributed by atoms with Gasteiger partial charge in [-0.3, -0.25) is 4.79 Å². The maximum absolute atomic E-state index is 10.7. The summed E-state index contributed by atoms with van der Waals surface area (Å²) in [6.07, 6.45) is 14.5. The van der Waals surface area contributed by atoms with Crippen molar-refractivity contribution in [3.63, 3.8) is 0 Å². The number of hydrogen-bond acceptors (Lipinski definition) is 1. The van der Waals surface area contributed by atoms with Crippen molar-refractivity contribution in [2.24, 2.45) is 0 Å². The van der Waals surface area contributed by atoms with Crippen molar-refractivity contribution in [1.82, 2.24) is 0 Å². The highest BCUT2D eigenvalue weighted by Crippen LogP contribution is 2.49. The molecule has 0 bridgehead atoms. The summed E-state index contributed by atoms with van der Waals surface area (Å²) < 4.78 is 0. The van der Waals surface area contributed by atoms with E-state index in [0.717, 1.165) is 11.9 Å². The van der Waals surface area contributed by atoms with Crippen molar-refractivity contribution < 1.29 is 4.79 Å². The van der Waals surface area contributed by atoms with E-state index in [9.17, 15) is 4.79 Å². The fourth-order valence-electron chi connectivity index (χ4n) is 4.91. The Kier molecular flexibility index (Phi) is 5.03. The molecular weight excluding hydrogens is 316 g/mol. The Morgan fingerprint density at radius 3 is 2.15 bits per heavy atom. The van der Waals surface area contributed by atoms with Crippen molar-refractivity contribution in [3.8, 4) is 0 Å². The van der Waals surface area contributed by atoms with E-state index < -0.39 is 0 Å². The highest BCUT2D eigenvalue weighted by Gasteiger charge is 2.39. The Labute approximate surface area is 159 Å². The lowest BCUT2D eigenvalue weighted by molar-refractivity contribution is -0.104. The minimum atomic E-state index is 0.130. The third-order valence-electron chi connectivity index (χ3n) is 6.92. The monoisotopic (exact) mass is 350 g/mol. The highest BCUT2D eigenvalue weighted by molar-refractivity contribution is 5.67. The van der Waals surface area contributed by atoms with E-state index in [0.29, 0.717) is 0 Å². The van der Waals surface area contributed by atoms with Gasteiger partial charge >= 0.3 is 0 Å². The first-order chi connectivity index (χ1) is 12.2. The quantitative estimate of drug-likeness (QED) is 0.342. The molecular formula is C25H34O. The van der Waals surface area contributed by atoms with Gasteiger partial charge in [0.15, 0.2) is 0 Å². The predicted molar refractivity (Wildman–Crippen MR) is 111 cm³/mol. The van der Waals surface area contributed by atoms with Crippen LogP contribution in [0.1, 0.15) is 89.8 Å². The van der Waals surface area contributed by atoms with E-state index >= 15 is 0 Å². The molecule has 1 saturated carbocycles. The first-order valence-electron chi connectivity index (χ1n) is 10.2. The fourth-order valence-corrected chi connectivity index (χ4v) is 4.91. The van der Waals surface area contributed by atoms with Crippen molar-refractivity contribution in [2.45, 2.75) is 89.4 Å². The Hall–Kier alpha value is -1.63. The van der Waals surface area contributed by atoms with Gasteiger partial charge in [-0.15, -0.1) is 0 Å². The van der Waals surface area contributed by atoms with Crippen molar-refractivity contribution in [3.05, 3.63) is 58.7 Å². The maximum atomic E-state index is 10.7. The molecule has 2 aliphatic rings. The molecule has 0 atom stereocenters. The van der Waals surface area contributed by atoms with E-state index in [2.05, 4.69) is 58.0 Å². The highest BCUT2D eigenvalue weighted by atomic mass is 16.1. The third kappa shape index (κ3) is 3.46. The molecule has 3 rings (SSSR count). The Morgan fingerprint density at radius 1 is 0.923 bits per heavy atom. The zero-order valence-electron chi connectivity index (χ0n) is 17.2. The largest absolute Gasteiger partial charge is 0.299 e. The van der Waals surface area contributed by atoms with E-state index in [1.165, 1.54) is 49.7 Å². The number of carbonyl (C=O) groups excluding carboxylic acids is 1. The van der Waals surface area contributed by atoms with Crippen LogP contribution in [0.2, 0.25) is 0 Å². The minimum absolute atomic E-state index is 0.130. The molecule has 1 nitrogen and oxygen atoms in total. The second-order valence-electron chi connectivity index (χ2n) is 9.77. The van der Waals surface area contributed by atoms with Crippen LogP contribution >= 0.6 is 0 Å². The molecule has 0 radical (unpaired) electrons. The summed E-state index contributed by atoms with van der Waals surface area (Å²) in [6.45, 7) is 11.6. The molecule has 140 valence electrons. The van der Waals surface area contributed by atoms with Gasteiger partial charge in [-0.1, -0.05) is 70.9 Å². The van der Waals surface area contributed by atoms with Crippen LogP contribution in [0.3, 0.4) is 0 Å². The third-order valence-corrected chi connectivity index (χ3v) is 6.92.